The Balaban J connectivity index is 1.40. The van der Waals surface area contributed by atoms with Gasteiger partial charge in [-0.15, -0.1) is 0 Å². The van der Waals surface area contributed by atoms with Gasteiger partial charge in [-0.1, -0.05) is 17.3 Å². The van der Waals surface area contributed by atoms with Crippen LogP contribution in [-0.2, 0) is 0 Å². The van der Waals surface area contributed by atoms with Crippen LogP contribution in [-0.4, -0.2) is 29.7 Å². The molecule has 0 unspecified atom stereocenters. The molecule has 0 spiro atoms. The number of nitrogens with zero attached hydrogens (tertiary/aromatic N) is 1. The Kier molecular flexibility index (Phi) is 5.69. The molecule has 1 aromatic carbocycles. The zero-order chi connectivity index (χ0) is 20.2. The van der Waals surface area contributed by atoms with E-state index in [1.54, 1.807) is 13.4 Å². The van der Waals surface area contributed by atoms with Crippen molar-refractivity contribution in [2.75, 3.05) is 13.7 Å². The first kappa shape index (κ1) is 19.3. The third kappa shape index (κ3) is 4.21. The van der Waals surface area contributed by atoms with Crippen LogP contribution in [0.1, 0.15) is 53.3 Å². The maximum atomic E-state index is 13.0. The minimum atomic E-state index is -0.0473. The Morgan fingerprint density at radius 1 is 1.24 bits per heavy atom. The van der Waals surface area contributed by atoms with Gasteiger partial charge in [0.25, 0.3) is 5.91 Å². The molecule has 0 atom stereocenters. The molecule has 1 aliphatic rings. The highest BCUT2D eigenvalue weighted by molar-refractivity contribution is 6.01. The molecule has 1 aliphatic carbocycles. The van der Waals surface area contributed by atoms with Gasteiger partial charge in [0, 0.05) is 29.8 Å². The normalized spacial score (nSPS) is 19.1. The summed E-state index contributed by atoms with van der Waals surface area (Å²) in [7, 11) is 1.64. The van der Waals surface area contributed by atoms with Crippen LogP contribution in [0.4, 0.5) is 0 Å². The second-order valence-electron chi connectivity index (χ2n) is 7.79. The lowest BCUT2D eigenvalue weighted by Crippen LogP contribution is -2.31. The molecule has 1 saturated carbocycles. The molecular formula is C23H27N3O3. The van der Waals surface area contributed by atoms with E-state index in [1.165, 1.54) is 0 Å². The summed E-state index contributed by atoms with van der Waals surface area (Å²) in [4.78, 5) is 16.3. The number of hydrogen-bond donors (Lipinski definition) is 2. The van der Waals surface area contributed by atoms with Gasteiger partial charge < -0.3 is 19.6 Å². The molecule has 0 aliphatic heterocycles. The Morgan fingerprint density at radius 2 is 2.03 bits per heavy atom. The van der Waals surface area contributed by atoms with Gasteiger partial charge in [-0.25, -0.2) is 0 Å². The minimum Gasteiger partial charge on any atom is -0.496 e. The molecule has 0 bridgehead atoms. The summed E-state index contributed by atoms with van der Waals surface area (Å²) in [5.74, 6) is 1.67. The molecule has 2 aromatic heterocycles. The SMILES string of the molecule is COc1ccccc1-c1[nH]c(C)cc1C(=O)NCC1CCC(c2ccon2)CC1. The predicted molar refractivity (Wildman–Crippen MR) is 111 cm³/mol. The van der Waals surface area contributed by atoms with E-state index >= 15 is 0 Å². The van der Waals surface area contributed by atoms with Crippen molar-refractivity contribution in [2.24, 2.45) is 5.92 Å². The van der Waals surface area contributed by atoms with Crippen molar-refractivity contribution in [3.05, 3.63) is 59.6 Å². The van der Waals surface area contributed by atoms with E-state index in [0.717, 1.165) is 54.1 Å². The van der Waals surface area contributed by atoms with Gasteiger partial charge in [0.1, 0.15) is 12.0 Å². The summed E-state index contributed by atoms with van der Waals surface area (Å²) in [6, 6.07) is 11.6. The molecule has 2 N–H and O–H groups in total. The van der Waals surface area contributed by atoms with Crippen LogP contribution in [0.25, 0.3) is 11.3 Å². The number of para-hydroxylation sites is 1. The molecular weight excluding hydrogens is 366 g/mol. The van der Waals surface area contributed by atoms with Crippen LogP contribution in [0.3, 0.4) is 0 Å². The summed E-state index contributed by atoms with van der Waals surface area (Å²) in [5, 5.41) is 7.22. The van der Waals surface area contributed by atoms with Crippen LogP contribution in [0.15, 0.2) is 47.2 Å². The fourth-order valence-corrected chi connectivity index (χ4v) is 4.26. The monoisotopic (exact) mass is 393 g/mol. The third-order valence-electron chi connectivity index (χ3n) is 5.85. The third-order valence-corrected chi connectivity index (χ3v) is 5.85. The molecule has 29 heavy (non-hydrogen) atoms. The van der Waals surface area contributed by atoms with E-state index in [9.17, 15) is 4.79 Å². The number of hydrogen-bond acceptors (Lipinski definition) is 4. The minimum absolute atomic E-state index is 0.0473. The number of carbonyl (C=O) groups excluding carboxylic acids is 1. The summed E-state index contributed by atoms with van der Waals surface area (Å²) >= 11 is 0. The maximum absolute atomic E-state index is 13.0. The van der Waals surface area contributed by atoms with E-state index in [-0.39, 0.29) is 5.91 Å². The number of amides is 1. The lowest BCUT2D eigenvalue weighted by molar-refractivity contribution is 0.0943. The zero-order valence-corrected chi connectivity index (χ0v) is 16.9. The number of aromatic nitrogens is 2. The predicted octanol–water partition coefficient (Wildman–Crippen LogP) is 4.69. The fourth-order valence-electron chi connectivity index (χ4n) is 4.26. The lowest BCUT2D eigenvalue weighted by Gasteiger charge is -2.27. The molecule has 4 rings (SSSR count). The topological polar surface area (TPSA) is 80.2 Å². The number of nitrogens with one attached hydrogen (secondary N) is 2. The van der Waals surface area contributed by atoms with Gasteiger partial charge in [0.05, 0.1) is 24.1 Å². The fraction of sp³-hybridized carbons (Fsp3) is 0.391. The summed E-state index contributed by atoms with van der Waals surface area (Å²) in [6.45, 7) is 2.65. The number of aromatic amines is 1. The first-order valence-electron chi connectivity index (χ1n) is 10.2. The molecule has 1 fully saturated rings. The number of ether oxygens (including phenoxy) is 1. The largest absolute Gasteiger partial charge is 0.496 e. The maximum Gasteiger partial charge on any atom is 0.253 e. The highest BCUT2D eigenvalue weighted by Crippen LogP contribution is 2.35. The summed E-state index contributed by atoms with van der Waals surface area (Å²) < 4.78 is 10.4. The van der Waals surface area contributed by atoms with Gasteiger partial charge >= 0.3 is 0 Å². The number of rotatable bonds is 6. The van der Waals surface area contributed by atoms with Crippen LogP contribution in [0.2, 0.25) is 0 Å². The van der Waals surface area contributed by atoms with Crippen molar-refractivity contribution in [2.45, 2.75) is 38.5 Å². The molecule has 0 saturated heterocycles. The zero-order valence-electron chi connectivity index (χ0n) is 16.9. The number of aryl methyl sites for hydroxylation is 1. The second-order valence-corrected chi connectivity index (χ2v) is 7.79. The number of carbonyl (C=O) groups is 1. The highest BCUT2D eigenvalue weighted by Gasteiger charge is 2.25. The molecule has 152 valence electrons. The van der Waals surface area contributed by atoms with Crippen LogP contribution >= 0.6 is 0 Å². The van der Waals surface area contributed by atoms with Crippen molar-refractivity contribution in [1.82, 2.24) is 15.5 Å². The van der Waals surface area contributed by atoms with Crippen LogP contribution in [0.5, 0.6) is 5.75 Å². The molecule has 0 radical (unpaired) electrons. The lowest BCUT2D eigenvalue weighted by atomic mass is 9.80. The standard InChI is InChI=1S/C23H27N3O3/c1-15-13-19(22(25-15)18-5-3-4-6-21(18)28-2)23(27)24-14-16-7-9-17(10-8-16)20-11-12-29-26-20/h3-6,11-13,16-17,25H,7-10,14H2,1-2H3,(H,24,27). The van der Waals surface area contributed by atoms with Crippen molar-refractivity contribution in [3.63, 3.8) is 0 Å². The highest BCUT2D eigenvalue weighted by atomic mass is 16.5. The first-order valence-corrected chi connectivity index (χ1v) is 10.2. The van der Waals surface area contributed by atoms with Gasteiger partial charge in [-0.05, 0) is 56.7 Å². The smallest absolute Gasteiger partial charge is 0.253 e. The van der Waals surface area contributed by atoms with Crippen molar-refractivity contribution < 1.29 is 14.1 Å². The quantitative estimate of drug-likeness (QED) is 0.637. The molecule has 2 heterocycles. The van der Waals surface area contributed by atoms with E-state index in [0.29, 0.717) is 23.9 Å². The number of methoxy groups -OCH3 is 1. The summed E-state index contributed by atoms with van der Waals surface area (Å²) in [6.07, 6.45) is 5.98. The number of H-pyrrole nitrogens is 1. The molecule has 6 heteroatoms. The van der Waals surface area contributed by atoms with Crippen LogP contribution < -0.4 is 10.1 Å². The molecule has 1 amide bonds. The Labute approximate surface area is 170 Å². The van der Waals surface area contributed by atoms with E-state index in [4.69, 9.17) is 9.26 Å². The first-order chi connectivity index (χ1) is 14.2. The van der Waals surface area contributed by atoms with Gasteiger partial charge in [0.2, 0.25) is 0 Å². The Bertz CT molecular complexity index is 954. The summed E-state index contributed by atoms with van der Waals surface area (Å²) in [5.41, 5.74) is 4.35. The number of benzene rings is 1. The average Bonchev–Trinajstić information content (AvgIpc) is 3.42. The van der Waals surface area contributed by atoms with Gasteiger partial charge in [-0.3, -0.25) is 4.79 Å². The second kappa shape index (κ2) is 8.55. The van der Waals surface area contributed by atoms with E-state index < -0.39 is 0 Å². The van der Waals surface area contributed by atoms with E-state index in [1.807, 2.05) is 43.3 Å². The molecule has 3 aromatic rings. The average molecular weight is 393 g/mol. The van der Waals surface area contributed by atoms with Crippen molar-refractivity contribution >= 4 is 5.91 Å². The van der Waals surface area contributed by atoms with Gasteiger partial charge in [0.15, 0.2) is 0 Å². The Hall–Kier alpha value is -3.02. The van der Waals surface area contributed by atoms with E-state index in [2.05, 4.69) is 15.5 Å². The van der Waals surface area contributed by atoms with Gasteiger partial charge in [-0.2, -0.15) is 0 Å². The van der Waals surface area contributed by atoms with Crippen molar-refractivity contribution in [3.8, 4) is 17.0 Å². The molecule has 6 nitrogen and oxygen atoms in total. The van der Waals surface area contributed by atoms with Crippen LogP contribution in [0, 0.1) is 12.8 Å². The van der Waals surface area contributed by atoms with Crippen molar-refractivity contribution in [1.29, 1.82) is 0 Å². The Morgan fingerprint density at radius 3 is 2.76 bits per heavy atom.